The molecule has 0 radical (unpaired) electrons. The van der Waals surface area contributed by atoms with Gasteiger partial charge in [0, 0.05) is 35.8 Å². The third-order valence-corrected chi connectivity index (χ3v) is 4.30. The molecule has 4 aromatic rings. The molecule has 27 heavy (non-hydrogen) atoms. The lowest BCUT2D eigenvalue weighted by atomic mass is 10.1. The van der Waals surface area contributed by atoms with Crippen molar-refractivity contribution in [3.63, 3.8) is 0 Å². The molecule has 0 fully saturated rings. The lowest BCUT2D eigenvalue weighted by molar-refractivity contribution is 0.435. The highest BCUT2D eigenvalue weighted by atomic mass is 16.3. The van der Waals surface area contributed by atoms with E-state index >= 15 is 0 Å². The number of aromatic hydroxyl groups is 1. The van der Waals surface area contributed by atoms with Crippen molar-refractivity contribution < 1.29 is 5.11 Å². The number of benzene rings is 1. The Balaban J connectivity index is 1.98. The first-order valence-electron chi connectivity index (χ1n) is 8.54. The number of hydrogen-bond donors (Lipinski definition) is 1. The maximum atomic E-state index is 12.9. The summed E-state index contributed by atoms with van der Waals surface area (Å²) in [7, 11) is 0. The summed E-state index contributed by atoms with van der Waals surface area (Å²) in [5.74, 6) is 0.805. The summed E-state index contributed by atoms with van der Waals surface area (Å²) in [6.07, 6.45) is 4.80. The Morgan fingerprint density at radius 3 is 2.59 bits per heavy atom. The van der Waals surface area contributed by atoms with E-state index in [-0.39, 0.29) is 11.4 Å². The topological polar surface area (TPSA) is 85.3 Å². The molecule has 3 aromatic heterocycles. The third-order valence-electron chi connectivity index (χ3n) is 4.30. The zero-order valence-corrected chi connectivity index (χ0v) is 14.6. The molecule has 0 atom stereocenters. The highest BCUT2D eigenvalue weighted by Crippen LogP contribution is 2.25. The smallest absolute Gasteiger partial charge is 0.267 e. The standard InChI is InChI=1S/C20H17N5O2/c1-2-24-17(10-12-23-24)22-13-16-14-7-3-4-8-15(14)19(26)25(20(16)27)18-9-5-6-11-21-18/h3-13,27H,2H2,1H3/b22-13+. The number of nitrogens with zero attached hydrogens (tertiary/aromatic N) is 5. The predicted octanol–water partition coefficient (Wildman–Crippen LogP) is 3.06. The molecular weight excluding hydrogens is 342 g/mol. The molecule has 0 saturated heterocycles. The van der Waals surface area contributed by atoms with E-state index in [4.69, 9.17) is 0 Å². The maximum absolute atomic E-state index is 12.9. The molecule has 4 rings (SSSR count). The predicted molar refractivity (Wildman–Crippen MR) is 104 cm³/mol. The van der Waals surface area contributed by atoms with E-state index in [0.29, 0.717) is 34.5 Å². The van der Waals surface area contributed by atoms with Crippen LogP contribution in [0.3, 0.4) is 0 Å². The minimum Gasteiger partial charge on any atom is -0.494 e. The van der Waals surface area contributed by atoms with Crippen LogP contribution >= 0.6 is 0 Å². The number of fused-ring (bicyclic) bond motifs is 1. The molecule has 7 nitrogen and oxygen atoms in total. The lowest BCUT2D eigenvalue weighted by Gasteiger charge is -2.12. The van der Waals surface area contributed by atoms with Crippen LogP contribution in [0.1, 0.15) is 12.5 Å². The second-order valence-electron chi connectivity index (χ2n) is 5.87. The minimum absolute atomic E-state index is 0.205. The number of pyridine rings is 2. The molecule has 0 unspecified atom stereocenters. The molecule has 0 aliphatic rings. The van der Waals surface area contributed by atoms with E-state index in [1.165, 1.54) is 4.57 Å². The summed E-state index contributed by atoms with van der Waals surface area (Å²) < 4.78 is 2.94. The van der Waals surface area contributed by atoms with Crippen LogP contribution in [0.2, 0.25) is 0 Å². The Hall–Kier alpha value is -3.74. The van der Waals surface area contributed by atoms with Crippen molar-refractivity contribution in [3.05, 3.63) is 76.8 Å². The van der Waals surface area contributed by atoms with E-state index in [1.807, 2.05) is 13.0 Å². The first-order chi connectivity index (χ1) is 13.2. The first kappa shape index (κ1) is 16.7. The highest BCUT2D eigenvalue weighted by Gasteiger charge is 2.16. The Kier molecular flexibility index (Phi) is 4.25. The number of aryl methyl sites for hydroxylation is 1. The fraction of sp³-hybridized carbons (Fsp3) is 0.100. The van der Waals surface area contributed by atoms with Crippen LogP contribution in [0.25, 0.3) is 16.6 Å². The van der Waals surface area contributed by atoms with Crippen molar-refractivity contribution in [2.24, 2.45) is 4.99 Å². The van der Waals surface area contributed by atoms with E-state index in [2.05, 4.69) is 15.1 Å². The zero-order valence-electron chi connectivity index (χ0n) is 14.6. The quantitative estimate of drug-likeness (QED) is 0.568. The highest BCUT2D eigenvalue weighted by molar-refractivity contribution is 6.02. The van der Waals surface area contributed by atoms with Crippen LogP contribution in [0, 0.1) is 0 Å². The van der Waals surface area contributed by atoms with Gasteiger partial charge in [-0.05, 0) is 25.1 Å². The van der Waals surface area contributed by atoms with Crippen LogP contribution in [0.4, 0.5) is 5.82 Å². The van der Waals surface area contributed by atoms with Gasteiger partial charge in [0.25, 0.3) is 5.56 Å². The van der Waals surface area contributed by atoms with Crippen LogP contribution < -0.4 is 5.56 Å². The van der Waals surface area contributed by atoms with E-state index < -0.39 is 0 Å². The number of hydrogen-bond acceptors (Lipinski definition) is 5. The van der Waals surface area contributed by atoms with Crippen LogP contribution in [0.15, 0.2) is 70.7 Å². The van der Waals surface area contributed by atoms with Crippen molar-refractivity contribution in [2.45, 2.75) is 13.5 Å². The fourth-order valence-corrected chi connectivity index (χ4v) is 3.00. The maximum Gasteiger partial charge on any atom is 0.267 e. The van der Waals surface area contributed by atoms with Gasteiger partial charge in [-0.25, -0.2) is 19.2 Å². The SMILES string of the molecule is CCn1nccc1/N=C/c1c(O)n(-c2ccccn2)c(=O)c2ccccc12. The molecule has 0 saturated carbocycles. The number of rotatable bonds is 4. The van der Waals surface area contributed by atoms with Crippen molar-refractivity contribution >= 4 is 22.8 Å². The molecule has 0 spiro atoms. The summed E-state index contributed by atoms with van der Waals surface area (Å²) in [4.78, 5) is 21.6. The summed E-state index contributed by atoms with van der Waals surface area (Å²) in [5, 5.41) is 16.2. The van der Waals surface area contributed by atoms with Gasteiger partial charge >= 0.3 is 0 Å². The first-order valence-corrected chi connectivity index (χ1v) is 8.54. The normalized spacial score (nSPS) is 11.4. The summed E-state index contributed by atoms with van der Waals surface area (Å²) in [6, 6.07) is 14.1. The number of aromatic nitrogens is 4. The Morgan fingerprint density at radius 2 is 1.85 bits per heavy atom. The van der Waals surface area contributed by atoms with Gasteiger partial charge in [0.15, 0.2) is 0 Å². The number of aliphatic imine (C=N–C) groups is 1. The molecule has 1 aromatic carbocycles. The van der Waals surface area contributed by atoms with Crippen molar-refractivity contribution in [1.82, 2.24) is 19.3 Å². The largest absolute Gasteiger partial charge is 0.494 e. The average Bonchev–Trinajstić information content (AvgIpc) is 3.16. The third kappa shape index (κ3) is 2.89. The van der Waals surface area contributed by atoms with Gasteiger partial charge in [-0.1, -0.05) is 24.3 Å². The van der Waals surface area contributed by atoms with Gasteiger partial charge in [-0.3, -0.25) is 4.79 Å². The average molecular weight is 359 g/mol. The van der Waals surface area contributed by atoms with Crippen LogP contribution in [0.5, 0.6) is 5.88 Å². The summed E-state index contributed by atoms with van der Waals surface area (Å²) in [6.45, 7) is 2.65. The van der Waals surface area contributed by atoms with Crippen LogP contribution in [-0.4, -0.2) is 30.7 Å². The monoisotopic (exact) mass is 359 g/mol. The lowest BCUT2D eigenvalue weighted by Crippen LogP contribution is -2.20. The molecule has 7 heteroatoms. The molecular formula is C20H17N5O2. The molecule has 0 bridgehead atoms. The van der Waals surface area contributed by atoms with E-state index in [0.717, 1.165) is 0 Å². The molecule has 0 aliphatic heterocycles. The Morgan fingerprint density at radius 1 is 1.07 bits per heavy atom. The summed E-state index contributed by atoms with van der Waals surface area (Å²) >= 11 is 0. The van der Waals surface area contributed by atoms with Gasteiger partial charge in [-0.2, -0.15) is 5.10 Å². The fourth-order valence-electron chi connectivity index (χ4n) is 3.00. The Labute approximate surface area is 154 Å². The molecule has 1 N–H and O–H groups in total. The second-order valence-corrected chi connectivity index (χ2v) is 5.87. The molecule has 0 amide bonds. The zero-order chi connectivity index (χ0) is 18.8. The van der Waals surface area contributed by atoms with Gasteiger partial charge in [0.05, 0.1) is 11.8 Å². The Bertz CT molecular complexity index is 1190. The molecule has 0 aliphatic carbocycles. The van der Waals surface area contributed by atoms with Gasteiger partial charge in [-0.15, -0.1) is 0 Å². The van der Waals surface area contributed by atoms with Gasteiger partial charge in [0.2, 0.25) is 5.88 Å². The summed E-state index contributed by atoms with van der Waals surface area (Å²) in [5.41, 5.74) is 0.109. The van der Waals surface area contributed by atoms with Crippen molar-refractivity contribution in [1.29, 1.82) is 0 Å². The van der Waals surface area contributed by atoms with Gasteiger partial charge in [0.1, 0.15) is 11.6 Å². The molecule has 134 valence electrons. The van der Waals surface area contributed by atoms with Gasteiger partial charge < -0.3 is 5.11 Å². The van der Waals surface area contributed by atoms with Crippen LogP contribution in [-0.2, 0) is 6.54 Å². The molecule has 3 heterocycles. The van der Waals surface area contributed by atoms with E-state index in [1.54, 1.807) is 65.8 Å². The van der Waals surface area contributed by atoms with Crippen molar-refractivity contribution in [2.75, 3.05) is 0 Å². The van der Waals surface area contributed by atoms with E-state index in [9.17, 15) is 9.90 Å². The second kappa shape index (κ2) is 6.87. The van der Waals surface area contributed by atoms with Crippen molar-refractivity contribution in [3.8, 4) is 11.7 Å². The minimum atomic E-state index is -0.336.